The third-order valence-electron chi connectivity index (χ3n) is 6.60. The molecule has 0 saturated carbocycles. The minimum absolute atomic E-state index is 0.728. The Bertz CT molecular complexity index is 432. The van der Waals surface area contributed by atoms with Gasteiger partial charge in [0.1, 0.15) is 0 Å². The monoisotopic (exact) mass is 448 g/mol. The number of unbranched alkanes of at least 4 members (excludes halogenated alkanes) is 25. The van der Waals surface area contributed by atoms with E-state index in [9.17, 15) is 4.79 Å². The molecule has 0 aromatic heterocycles. The predicted molar refractivity (Wildman–Crippen MR) is 141 cm³/mol. The van der Waals surface area contributed by atoms with Gasteiger partial charge in [-0.2, -0.15) is 0 Å². The van der Waals surface area contributed by atoms with Crippen LogP contribution in [-0.2, 0) is 4.79 Å². The average molecular weight is 449 g/mol. The molecule has 32 heavy (non-hydrogen) atoms. The third kappa shape index (κ3) is 29.0. The Morgan fingerprint density at radius 3 is 0.969 bits per heavy atom. The second-order valence-electron chi connectivity index (χ2n) is 9.84. The fourth-order valence-electron chi connectivity index (χ4n) is 4.49. The highest BCUT2D eigenvalue weighted by atomic mass is 16.4. The molecule has 0 rings (SSSR count). The van der Waals surface area contributed by atoms with E-state index in [0.717, 1.165) is 12.8 Å². The molecule has 0 aromatic carbocycles. The molecule has 0 aliphatic carbocycles. The maximum absolute atomic E-state index is 10.3. The minimum atomic E-state index is -1.01. The Kier molecular flexibility index (Phi) is 27.2. The van der Waals surface area contributed by atoms with E-state index in [4.69, 9.17) is 5.11 Å². The van der Waals surface area contributed by atoms with E-state index in [1.54, 1.807) is 0 Å². The molecule has 0 saturated heterocycles. The molecule has 0 radical (unpaired) electrons. The van der Waals surface area contributed by atoms with Crippen molar-refractivity contribution in [3.05, 3.63) is 0 Å². The fourth-order valence-corrected chi connectivity index (χ4v) is 4.49. The van der Waals surface area contributed by atoms with Crippen LogP contribution in [0.15, 0.2) is 0 Å². The van der Waals surface area contributed by atoms with Gasteiger partial charge in [0.05, 0.1) is 0 Å². The van der Waals surface area contributed by atoms with Crippen molar-refractivity contribution in [2.45, 2.75) is 174 Å². The number of carboxylic acids is 1. The first-order valence-corrected chi connectivity index (χ1v) is 14.5. The first kappa shape index (κ1) is 31.0. The van der Waals surface area contributed by atoms with Crippen molar-refractivity contribution in [1.29, 1.82) is 0 Å². The summed E-state index contributed by atoms with van der Waals surface area (Å²) in [4.78, 5) is 10.3. The van der Waals surface area contributed by atoms with Gasteiger partial charge in [-0.3, -0.25) is 0 Å². The van der Waals surface area contributed by atoms with Crippen molar-refractivity contribution in [2.75, 3.05) is 0 Å². The van der Waals surface area contributed by atoms with Gasteiger partial charge in [-0.1, -0.05) is 167 Å². The Morgan fingerprint density at radius 1 is 0.469 bits per heavy atom. The van der Waals surface area contributed by atoms with Crippen molar-refractivity contribution < 1.29 is 9.90 Å². The SMILES string of the molecule is CCCCCCCCCCCCCCCCCCCCCCCCCCCC#CC(=O)O. The molecule has 0 fully saturated rings. The Balaban J connectivity index is 3.04. The summed E-state index contributed by atoms with van der Waals surface area (Å²) < 4.78 is 0. The third-order valence-corrected chi connectivity index (χ3v) is 6.60. The van der Waals surface area contributed by atoms with Gasteiger partial charge in [0.15, 0.2) is 0 Å². The zero-order valence-electron chi connectivity index (χ0n) is 21.7. The van der Waals surface area contributed by atoms with Crippen LogP contribution < -0.4 is 0 Å². The first-order valence-electron chi connectivity index (χ1n) is 14.5. The molecule has 2 nitrogen and oxygen atoms in total. The van der Waals surface area contributed by atoms with Gasteiger partial charge in [-0.05, 0) is 6.42 Å². The summed E-state index contributed by atoms with van der Waals surface area (Å²) in [6, 6.07) is 0. The average Bonchev–Trinajstić information content (AvgIpc) is 2.78. The molecular formula is C30H56O2. The molecule has 0 unspecified atom stereocenters. The molecular weight excluding hydrogens is 392 g/mol. The summed E-state index contributed by atoms with van der Waals surface area (Å²) in [7, 11) is 0. The van der Waals surface area contributed by atoms with Crippen molar-refractivity contribution in [1.82, 2.24) is 0 Å². The van der Waals surface area contributed by atoms with Crippen molar-refractivity contribution in [2.24, 2.45) is 0 Å². The van der Waals surface area contributed by atoms with Crippen LogP contribution in [0.25, 0.3) is 0 Å². The lowest BCUT2D eigenvalue weighted by Crippen LogP contribution is -1.86. The van der Waals surface area contributed by atoms with Gasteiger partial charge in [-0.15, -0.1) is 0 Å². The topological polar surface area (TPSA) is 37.3 Å². The first-order chi connectivity index (χ1) is 15.8. The van der Waals surface area contributed by atoms with Gasteiger partial charge in [0.2, 0.25) is 0 Å². The Morgan fingerprint density at radius 2 is 0.719 bits per heavy atom. The number of carboxylic acid groups (broad SMARTS) is 1. The molecule has 0 aliphatic heterocycles. The number of aliphatic carboxylic acids is 1. The van der Waals surface area contributed by atoms with Gasteiger partial charge in [0, 0.05) is 12.3 Å². The number of hydrogen-bond acceptors (Lipinski definition) is 1. The zero-order valence-corrected chi connectivity index (χ0v) is 21.7. The van der Waals surface area contributed by atoms with Crippen LogP contribution in [0, 0.1) is 11.8 Å². The van der Waals surface area contributed by atoms with Crippen LogP contribution in [-0.4, -0.2) is 11.1 Å². The summed E-state index contributed by atoms with van der Waals surface area (Å²) in [6.45, 7) is 2.29. The Hall–Kier alpha value is -0.970. The molecule has 0 heterocycles. The summed E-state index contributed by atoms with van der Waals surface area (Å²) >= 11 is 0. The molecule has 0 atom stereocenters. The number of hydrogen-bond donors (Lipinski definition) is 1. The smallest absolute Gasteiger partial charge is 0.381 e. The fraction of sp³-hybridized carbons (Fsp3) is 0.900. The van der Waals surface area contributed by atoms with Crippen LogP contribution in [0.2, 0.25) is 0 Å². The standard InChI is InChI=1S/C30H56O2/c1-2-3-4-5-6-7-8-9-10-11-12-13-14-15-16-17-18-19-20-21-22-23-24-25-26-27-28-29-30(31)32/h2-27H2,1H3,(H,31,32). The van der Waals surface area contributed by atoms with Crippen LogP contribution in [0.1, 0.15) is 174 Å². The second-order valence-corrected chi connectivity index (χ2v) is 9.84. The Labute approximate surface area is 201 Å². The van der Waals surface area contributed by atoms with Crippen molar-refractivity contribution in [3.8, 4) is 11.8 Å². The lowest BCUT2D eigenvalue weighted by Gasteiger charge is -2.04. The van der Waals surface area contributed by atoms with Gasteiger partial charge in [0.25, 0.3) is 0 Å². The lowest BCUT2D eigenvalue weighted by molar-refractivity contribution is -0.130. The highest BCUT2D eigenvalue weighted by Gasteiger charge is 1.96. The molecule has 1 N–H and O–H groups in total. The highest BCUT2D eigenvalue weighted by molar-refractivity contribution is 5.86. The molecule has 0 bridgehead atoms. The van der Waals surface area contributed by atoms with E-state index in [-0.39, 0.29) is 0 Å². The van der Waals surface area contributed by atoms with Gasteiger partial charge in [-0.25, -0.2) is 4.79 Å². The summed E-state index contributed by atoms with van der Waals surface area (Å²) in [5.74, 6) is 3.87. The zero-order chi connectivity index (χ0) is 23.4. The molecule has 188 valence electrons. The molecule has 0 spiro atoms. The quantitative estimate of drug-likeness (QED) is 0.111. The van der Waals surface area contributed by atoms with Crippen LogP contribution in [0.4, 0.5) is 0 Å². The van der Waals surface area contributed by atoms with E-state index < -0.39 is 5.97 Å². The van der Waals surface area contributed by atoms with E-state index in [1.807, 2.05) is 0 Å². The van der Waals surface area contributed by atoms with Gasteiger partial charge >= 0.3 is 5.97 Å². The van der Waals surface area contributed by atoms with E-state index >= 15 is 0 Å². The van der Waals surface area contributed by atoms with Crippen LogP contribution in [0.5, 0.6) is 0 Å². The molecule has 2 heteroatoms. The van der Waals surface area contributed by atoms with Crippen LogP contribution >= 0.6 is 0 Å². The maximum Gasteiger partial charge on any atom is 0.381 e. The second kappa shape index (κ2) is 28.1. The summed E-state index contributed by atoms with van der Waals surface area (Å²) in [5, 5.41) is 8.43. The lowest BCUT2D eigenvalue weighted by atomic mass is 10.0. The van der Waals surface area contributed by atoms with E-state index in [1.165, 1.54) is 154 Å². The van der Waals surface area contributed by atoms with Crippen molar-refractivity contribution >= 4 is 5.97 Å². The maximum atomic E-state index is 10.3. The summed E-state index contributed by atoms with van der Waals surface area (Å²) in [5.41, 5.74) is 0. The highest BCUT2D eigenvalue weighted by Crippen LogP contribution is 2.15. The van der Waals surface area contributed by atoms with E-state index in [0.29, 0.717) is 0 Å². The molecule has 0 aromatic rings. The minimum Gasteiger partial charge on any atom is -0.472 e. The molecule has 0 aliphatic rings. The predicted octanol–water partition coefficient (Wildman–Crippen LogP) is 10.2. The summed E-state index contributed by atoms with van der Waals surface area (Å²) in [6.07, 6.45) is 35.8. The van der Waals surface area contributed by atoms with Gasteiger partial charge < -0.3 is 5.11 Å². The largest absolute Gasteiger partial charge is 0.472 e. The molecule has 0 amide bonds. The normalized spacial score (nSPS) is 10.8. The van der Waals surface area contributed by atoms with E-state index in [2.05, 4.69) is 18.8 Å². The number of rotatable bonds is 25. The van der Waals surface area contributed by atoms with Crippen LogP contribution in [0.3, 0.4) is 0 Å². The van der Waals surface area contributed by atoms with Crippen molar-refractivity contribution in [3.63, 3.8) is 0 Å². The number of carbonyl (C=O) groups is 1.